The second kappa shape index (κ2) is 17.9. The van der Waals surface area contributed by atoms with E-state index in [2.05, 4.69) is 11.5 Å². The van der Waals surface area contributed by atoms with Crippen molar-refractivity contribution in [3.63, 3.8) is 0 Å². The van der Waals surface area contributed by atoms with Gasteiger partial charge in [-0.15, -0.1) is 0 Å². The van der Waals surface area contributed by atoms with Crippen molar-refractivity contribution in [1.29, 1.82) is 0 Å². The summed E-state index contributed by atoms with van der Waals surface area (Å²) in [7, 11) is 0. The van der Waals surface area contributed by atoms with Crippen LogP contribution in [0.25, 0.3) is 0 Å². The fourth-order valence-electron chi connectivity index (χ4n) is 1.25. The number of aldehydes is 1. The maximum atomic E-state index is 10.1. The first-order chi connectivity index (χ1) is 12.0. The summed E-state index contributed by atoms with van der Waals surface area (Å²) in [6.45, 7) is -0.157. The van der Waals surface area contributed by atoms with E-state index in [0.29, 0.717) is 13.0 Å². The van der Waals surface area contributed by atoms with Gasteiger partial charge in [0.2, 0.25) is 0 Å². The van der Waals surface area contributed by atoms with Crippen molar-refractivity contribution in [1.82, 2.24) is 0 Å². The minimum absolute atomic E-state index is 0.0258. The molecule has 0 fully saturated rings. The monoisotopic (exact) mass is 386 g/mol. The number of primary amides is 2. The fraction of sp³-hybridized carbons (Fsp3) is 0.769. The fourth-order valence-corrected chi connectivity index (χ4v) is 1.25. The SMILES string of the molecule is NC(N)=O.NCCCCC(N)C(=O)O.O=CC(O)C(O)C(O)C(O)CO. The zero-order valence-corrected chi connectivity index (χ0v) is 14.2. The number of carboxylic acids is 1. The molecule has 0 aromatic rings. The molecule has 0 aliphatic rings. The zero-order valence-electron chi connectivity index (χ0n) is 14.2. The van der Waals surface area contributed by atoms with E-state index in [1.165, 1.54) is 0 Å². The zero-order chi connectivity index (χ0) is 21.3. The normalized spacial score (nSPS) is 15.7. The molecule has 0 saturated heterocycles. The molecule has 0 aliphatic heterocycles. The molecule has 13 nitrogen and oxygen atoms in total. The van der Waals surface area contributed by atoms with Gasteiger partial charge in [-0.2, -0.15) is 0 Å². The van der Waals surface area contributed by atoms with Crippen LogP contribution < -0.4 is 22.9 Å². The molecule has 26 heavy (non-hydrogen) atoms. The lowest BCUT2D eigenvalue weighted by Crippen LogP contribution is -2.46. The van der Waals surface area contributed by atoms with E-state index in [0.717, 1.165) is 12.8 Å². The number of hydrogen-bond acceptors (Lipinski definition) is 10. The van der Waals surface area contributed by atoms with Crippen LogP contribution in [0, 0.1) is 0 Å². The second-order valence-corrected chi connectivity index (χ2v) is 4.99. The molecule has 14 N–H and O–H groups in total. The Kier molecular flexibility index (Phi) is 19.9. The Morgan fingerprint density at radius 1 is 1.00 bits per heavy atom. The lowest BCUT2D eigenvalue weighted by Gasteiger charge is -2.22. The first kappa shape index (κ1) is 28.9. The van der Waals surface area contributed by atoms with Crippen LogP contribution in [-0.4, -0.2) is 92.5 Å². The Hall–Kier alpha value is -1.87. The van der Waals surface area contributed by atoms with Crippen molar-refractivity contribution in [2.24, 2.45) is 22.9 Å². The molecule has 0 aromatic heterocycles. The largest absolute Gasteiger partial charge is 0.480 e. The lowest BCUT2D eigenvalue weighted by atomic mass is 10.0. The average Bonchev–Trinajstić information content (AvgIpc) is 2.58. The Bertz CT molecular complexity index is 383. The lowest BCUT2D eigenvalue weighted by molar-refractivity contribution is -0.138. The van der Waals surface area contributed by atoms with Gasteiger partial charge in [-0.1, -0.05) is 6.42 Å². The summed E-state index contributed by atoms with van der Waals surface area (Å²) in [4.78, 5) is 29.0. The van der Waals surface area contributed by atoms with Crippen LogP contribution in [0.5, 0.6) is 0 Å². The summed E-state index contributed by atoms with van der Waals surface area (Å²) < 4.78 is 0. The van der Waals surface area contributed by atoms with Gasteiger partial charge in [-0.3, -0.25) is 4.79 Å². The molecule has 0 heterocycles. The average molecular weight is 386 g/mol. The third-order valence-corrected chi connectivity index (χ3v) is 2.71. The number of rotatable bonds is 10. The molecular formula is C13H30N4O9. The van der Waals surface area contributed by atoms with Gasteiger partial charge < -0.3 is 58.4 Å². The topological polar surface area (TPSA) is 277 Å². The van der Waals surface area contributed by atoms with Gasteiger partial charge in [-0.05, 0) is 19.4 Å². The summed E-state index contributed by atoms with van der Waals surface area (Å²) in [5, 5.41) is 51.9. The van der Waals surface area contributed by atoms with Crippen molar-refractivity contribution in [3.05, 3.63) is 0 Å². The van der Waals surface area contributed by atoms with E-state index >= 15 is 0 Å². The number of carboxylic acid groups (broad SMARTS) is 1. The maximum absolute atomic E-state index is 10.1. The van der Waals surface area contributed by atoms with Crippen LogP contribution >= 0.6 is 0 Å². The van der Waals surface area contributed by atoms with Gasteiger partial charge in [0.15, 0.2) is 6.29 Å². The molecule has 0 rings (SSSR count). The first-order valence-corrected chi connectivity index (χ1v) is 7.47. The van der Waals surface area contributed by atoms with E-state index in [4.69, 9.17) is 46.9 Å². The van der Waals surface area contributed by atoms with Crippen LogP contribution in [0.2, 0.25) is 0 Å². The first-order valence-electron chi connectivity index (χ1n) is 7.47. The highest BCUT2D eigenvalue weighted by molar-refractivity contribution is 5.72. The number of aliphatic carboxylic acids is 1. The smallest absolute Gasteiger partial charge is 0.320 e. The molecule has 0 spiro atoms. The van der Waals surface area contributed by atoms with Crippen LogP contribution in [0.1, 0.15) is 19.3 Å². The quantitative estimate of drug-likeness (QED) is 0.125. The molecular weight excluding hydrogens is 356 g/mol. The Balaban J connectivity index is -0.000000341. The highest BCUT2D eigenvalue weighted by atomic mass is 16.4. The Morgan fingerprint density at radius 3 is 1.77 bits per heavy atom. The number of aliphatic hydroxyl groups is 5. The van der Waals surface area contributed by atoms with E-state index in [1.807, 2.05) is 0 Å². The molecule has 0 saturated carbocycles. The van der Waals surface area contributed by atoms with Gasteiger partial charge in [0.1, 0.15) is 30.5 Å². The van der Waals surface area contributed by atoms with Crippen molar-refractivity contribution >= 4 is 18.3 Å². The van der Waals surface area contributed by atoms with Crippen LogP contribution in [-0.2, 0) is 9.59 Å². The van der Waals surface area contributed by atoms with Crippen molar-refractivity contribution < 1.29 is 45.0 Å². The summed E-state index contributed by atoms with van der Waals surface area (Å²) in [6, 6.07) is -1.55. The number of hydrogen-bond donors (Lipinski definition) is 10. The molecule has 0 radical (unpaired) electrons. The third kappa shape index (κ3) is 18.5. The number of carbonyl (C=O) groups excluding carboxylic acids is 2. The van der Waals surface area contributed by atoms with Crippen molar-refractivity contribution in [2.75, 3.05) is 13.2 Å². The summed E-state index contributed by atoms with van der Waals surface area (Å²) in [6.07, 6.45) is -4.68. The second-order valence-electron chi connectivity index (χ2n) is 4.99. The number of unbranched alkanes of at least 4 members (excludes halogenated alkanes) is 1. The van der Waals surface area contributed by atoms with Crippen LogP contribution in [0.3, 0.4) is 0 Å². The van der Waals surface area contributed by atoms with Gasteiger partial charge in [0, 0.05) is 0 Å². The molecule has 0 aliphatic carbocycles. The van der Waals surface area contributed by atoms with Crippen molar-refractivity contribution in [3.8, 4) is 0 Å². The van der Waals surface area contributed by atoms with E-state index < -0.39 is 49.1 Å². The highest BCUT2D eigenvalue weighted by Crippen LogP contribution is 2.03. The number of urea groups is 1. The molecule has 5 unspecified atom stereocenters. The number of carbonyl (C=O) groups is 3. The summed E-state index contributed by atoms with van der Waals surface area (Å²) in [5.74, 6) is -0.933. The van der Waals surface area contributed by atoms with E-state index in [9.17, 15) is 9.59 Å². The highest BCUT2D eigenvalue weighted by Gasteiger charge is 2.29. The van der Waals surface area contributed by atoms with Crippen LogP contribution in [0.15, 0.2) is 0 Å². The number of nitrogens with two attached hydrogens (primary N) is 4. The van der Waals surface area contributed by atoms with E-state index in [-0.39, 0.29) is 6.29 Å². The third-order valence-electron chi connectivity index (χ3n) is 2.71. The number of aliphatic hydroxyl groups excluding tert-OH is 5. The predicted octanol–water partition coefficient (Wildman–Crippen LogP) is -4.83. The predicted molar refractivity (Wildman–Crippen MR) is 89.5 cm³/mol. The standard InChI is InChI=1S/C6H14N2O2.C6H12O6.CH4N2O/c7-4-2-1-3-5(8)6(9)10;7-1-3(9)5(11)6(12)4(10)2-8;2-1(3)4/h5H,1-4,7-8H2,(H,9,10);1,3-6,8-12H,2H2;(H4,2,3,4). The molecule has 156 valence electrons. The summed E-state index contributed by atoms with van der Waals surface area (Å²) >= 11 is 0. The van der Waals surface area contributed by atoms with Gasteiger partial charge in [-0.25, -0.2) is 4.79 Å². The Labute approximate surface area is 150 Å². The number of amides is 2. The van der Waals surface area contributed by atoms with Gasteiger partial charge in [0.05, 0.1) is 6.61 Å². The Morgan fingerprint density at radius 2 is 1.46 bits per heavy atom. The minimum atomic E-state index is -1.79. The molecule has 13 heteroatoms. The summed E-state index contributed by atoms with van der Waals surface area (Å²) in [5.41, 5.74) is 18.9. The molecule has 5 atom stereocenters. The molecule has 0 bridgehead atoms. The van der Waals surface area contributed by atoms with Crippen LogP contribution in [0.4, 0.5) is 4.79 Å². The van der Waals surface area contributed by atoms with Gasteiger partial charge in [0.25, 0.3) is 0 Å². The molecule has 2 amide bonds. The minimum Gasteiger partial charge on any atom is -0.480 e. The van der Waals surface area contributed by atoms with Gasteiger partial charge >= 0.3 is 12.0 Å². The molecule has 0 aromatic carbocycles. The van der Waals surface area contributed by atoms with Crippen molar-refractivity contribution in [2.45, 2.75) is 49.7 Å². The maximum Gasteiger partial charge on any atom is 0.320 e. The van der Waals surface area contributed by atoms with E-state index in [1.54, 1.807) is 0 Å².